The zero-order valence-corrected chi connectivity index (χ0v) is 18.2. The molecule has 2 rings (SSSR count). The number of carbonyl (C=O) groups is 2. The zero-order chi connectivity index (χ0) is 22.6. The number of carboxylic acids is 2. The summed E-state index contributed by atoms with van der Waals surface area (Å²) in [4.78, 5) is 18.6. The Bertz CT molecular complexity index is 741. The minimum absolute atomic E-state index is 0.163. The standard InChI is InChI=1S/C15H16O4P.2C2H4O2.Pd/c1-2-9-20(12-7-3-5-10(16)14(12)18)13-8-4-6-11(17)15(13)19;2*1-2(3)4;/h3-8,16-19H,1-2,9H2;2*1H3,(H,3,4);/q;;;+2/p-2. The van der Waals surface area contributed by atoms with Crippen molar-refractivity contribution in [2.75, 3.05) is 6.16 Å². The molecule has 0 atom stereocenters. The van der Waals surface area contributed by atoms with E-state index in [0.29, 0.717) is 10.6 Å². The molecule has 0 heterocycles. The number of phenolic OH excluding ortho intramolecular Hbond substituents is 4. The van der Waals surface area contributed by atoms with Gasteiger partial charge in [0.15, 0.2) is 0 Å². The summed E-state index contributed by atoms with van der Waals surface area (Å²) < 4.78 is 0. The third-order valence-electron chi connectivity index (χ3n) is 3.06. The second-order valence-electron chi connectivity index (χ2n) is 5.44. The van der Waals surface area contributed by atoms with Gasteiger partial charge in [0.1, 0.15) is 0 Å². The molecule has 0 bridgehead atoms. The van der Waals surface area contributed by atoms with Crippen molar-refractivity contribution < 1.29 is 59.4 Å². The summed E-state index contributed by atoms with van der Waals surface area (Å²) in [5, 5.41) is 58.5. The van der Waals surface area contributed by atoms with Crippen molar-refractivity contribution in [3.05, 3.63) is 36.4 Å². The van der Waals surface area contributed by atoms with Crippen LogP contribution in [0.15, 0.2) is 36.4 Å². The number of hydrogen-bond acceptors (Lipinski definition) is 8. The molecule has 8 nitrogen and oxygen atoms in total. The van der Waals surface area contributed by atoms with E-state index in [1.54, 1.807) is 24.3 Å². The van der Waals surface area contributed by atoms with Crippen molar-refractivity contribution in [1.82, 2.24) is 0 Å². The van der Waals surface area contributed by atoms with Crippen molar-refractivity contribution in [2.45, 2.75) is 25.2 Å². The van der Waals surface area contributed by atoms with Gasteiger partial charge >= 0.3 is 135 Å². The SMILES string of the molecule is CC(=O)[O-].CC(=O)[O-].Oc1cccc(P(CC[CH2][Pd+2])c2cccc(O)c2O)c1O. The maximum atomic E-state index is 10.1. The molecule has 0 unspecified atom stereocenters. The summed E-state index contributed by atoms with van der Waals surface area (Å²) in [6.07, 6.45) is 1.59. The monoisotopic (exact) mass is 515 g/mol. The van der Waals surface area contributed by atoms with Gasteiger partial charge in [-0.1, -0.05) is 0 Å². The fraction of sp³-hybridized carbons (Fsp3) is 0.263. The van der Waals surface area contributed by atoms with E-state index in [-0.39, 0.29) is 23.0 Å². The van der Waals surface area contributed by atoms with Gasteiger partial charge in [0.2, 0.25) is 0 Å². The molecule has 0 saturated heterocycles. The minimum atomic E-state index is -1.08. The molecule has 161 valence electrons. The molecule has 0 aliphatic heterocycles. The first kappa shape index (κ1) is 26.7. The van der Waals surface area contributed by atoms with Crippen LogP contribution in [0.2, 0.25) is 4.89 Å². The van der Waals surface area contributed by atoms with Crippen molar-refractivity contribution in [2.24, 2.45) is 0 Å². The third kappa shape index (κ3) is 10.1. The average Bonchev–Trinajstić information content (AvgIpc) is 2.61. The van der Waals surface area contributed by atoms with Gasteiger partial charge in [-0.2, -0.15) is 0 Å². The molecule has 2 aromatic carbocycles. The summed E-state index contributed by atoms with van der Waals surface area (Å²) in [7, 11) is -1.07. The van der Waals surface area contributed by atoms with Crippen molar-refractivity contribution in [1.29, 1.82) is 0 Å². The molecular formula is C19H22O8PPd. The summed E-state index contributed by atoms with van der Waals surface area (Å²) in [5.74, 6) is -2.85. The molecule has 0 aliphatic carbocycles. The van der Waals surface area contributed by atoms with Crippen LogP contribution in [0.3, 0.4) is 0 Å². The molecule has 0 amide bonds. The van der Waals surface area contributed by atoms with Crippen LogP contribution in [0.25, 0.3) is 0 Å². The third-order valence-corrected chi connectivity index (χ3v) is 6.26. The number of benzene rings is 2. The van der Waals surface area contributed by atoms with Crippen LogP contribution in [0.5, 0.6) is 23.0 Å². The van der Waals surface area contributed by atoms with Crippen LogP contribution in [-0.4, -0.2) is 38.5 Å². The number of hydrogen-bond donors (Lipinski definition) is 4. The van der Waals surface area contributed by atoms with Gasteiger partial charge in [-0.3, -0.25) is 0 Å². The first-order valence-corrected chi connectivity index (χ1v) is 10.8. The van der Waals surface area contributed by atoms with Crippen molar-refractivity contribution >= 4 is 30.5 Å². The summed E-state index contributed by atoms with van der Waals surface area (Å²) in [6, 6.07) is 9.64. The van der Waals surface area contributed by atoms with E-state index < -0.39 is 19.9 Å². The maximum absolute atomic E-state index is 10.1. The molecule has 2 aromatic rings. The Hall–Kier alpha value is -2.33. The Morgan fingerprint density at radius 1 is 0.862 bits per heavy atom. The quantitative estimate of drug-likeness (QED) is 0.242. The van der Waals surface area contributed by atoms with Gasteiger partial charge in [-0.05, 0) is 13.8 Å². The van der Waals surface area contributed by atoms with Crippen LogP contribution in [0.4, 0.5) is 0 Å². The van der Waals surface area contributed by atoms with E-state index >= 15 is 0 Å². The molecular weight excluding hydrogens is 494 g/mol. The summed E-state index contributed by atoms with van der Waals surface area (Å²) >= 11 is 3.11. The first-order valence-electron chi connectivity index (χ1n) is 8.19. The van der Waals surface area contributed by atoms with E-state index in [0.717, 1.165) is 31.3 Å². The molecule has 10 heteroatoms. The fourth-order valence-electron chi connectivity index (χ4n) is 2.05. The number of aliphatic carboxylic acids is 2. The zero-order valence-electron chi connectivity index (χ0n) is 15.8. The molecule has 29 heavy (non-hydrogen) atoms. The van der Waals surface area contributed by atoms with Crippen LogP contribution < -0.4 is 20.8 Å². The topological polar surface area (TPSA) is 161 Å². The predicted molar refractivity (Wildman–Crippen MR) is 101 cm³/mol. The fourth-order valence-corrected chi connectivity index (χ4v) is 5.22. The number of phenols is 4. The number of aromatic hydroxyl groups is 4. The number of para-hydroxylation sites is 2. The van der Waals surface area contributed by atoms with Gasteiger partial charge in [-0.15, -0.1) is 0 Å². The number of carbonyl (C=O) groups excluding carboxylic acids is 2. The van der Waals surface area contributed by atoms with Gasteiger partial charge in [-0.25, -0.2) is 0 Å². The molecule has 0 aliphatic rings. The Morgan fingerprint density at radius 2 is 1.21 bits per heavy atom. The van der Waals surface area contributed by atoms with E-state index in [4.69, 9.17) is 19.8 Å². The summed E-state index contributed by atoms with van der Waals surface area (Å²) in [6.45, 7) is 1.94. The average molecular weight is 516 g/mol. The Morgan fingerprint density at radius 3 is 1.52 bits per heavy atom. The van der Waals surface area contributed by atoms with Crippen LogP contribution in [-0.2, 0) is 28.8 Å². The first-order chi connectivity index (χ1) is 13.5. The van der Waals surface area contributed by atoms with Crippen molar-refractivity contribution in [3.8, 4) is 23.0 Å². The van der Waals surface area contributed by atoms with E-state index in [2.05, 4.69) is 19.2 Å². The Balaban J connectivity index is 0.000000837. The molecule has 0 saturated carbocycles. The predicted octanol–water partition coefficient (Wildman–Crippen LogP) is -0.191. The van der Waals surface area contributed by atoms with Gasteiger partial charge in [0, 0.05) is 11.9 Å². The van der Waals surface area contributed by atoms with Crippen LogP contribution in [0.1, 0.15) is 20.3 Å². The second kappa shape index (κ2) is 13.8. The molecule has 0 fully saturated rings. The van der Waals surface area contributed by atoms with Crippen LogP contribution in [0, 0.1) is 0 Å². The van der Waals surface area contributed by atoms with Crippen molar-refractivity contribution in [3.63, 3.8) is 0 Å². The van der Waals surface area contributed by atoms with Gasteiger partial charge in [0.05, 0.1) is 0 Å². The van der Waals surface area contributed by atoms with E-state index in [9.17, 15) is 20.4 Å². The number of carboxylic acid groups (broad SMARTS) is 2. The summed E-state index contributed by atoms with van der Waals surface area (Å²) in [5.41, 5.74) is 0. The molecule has 0 spiro atoms. The number of rotatable bonds is 5. The second-order valence-corrected chi connectivity index (χ2v) is 8.48. The molecule has 0 aromatic heterocycles. The van der Waals surface area contributed by atoms with Crippen LogP contribution >= 0.6 is 7.92 Å². The normalized spacial score (nSPS) is 9.66. The van der Waals surface area contributed by atoms with Gasteiger partial charge in [0.25, 0.3) is 0 Å². The molecule has 4 N–H and O–H groups in total. The molecule has 0 radical (unpaired) electrons. The van der Waals surface area contributed by atoms with Gasteiger partial charge < -0.3 is 19.8 Å². The van der Waals surface area contributed by atoms with E-state index in [1.807, 2.05) is 0 Å². The Kier molecular flexibility index (Phi) is 12.7. The van der Waals surface area contributed by atoms with E-state index in [1.165, 1.54) is 12.1 Å². The Labute approximate surface area is 180 Å².